The van der Waals surface area contributed by atoms with Crippen molar-refractivity contribution in [2.75, 3.05) is 0 Å². The number of rotatable bonds is 3. The SMILES string of the molecule is C1=CCC([CH](C2=CC=CC2)[Zr+]2[CH2][CH2]2)=C1.[Cl-]. The molecular formula is C13H15ClZr. The molecule has 0 saturated carbocycles. The molecule has 0 aromatic carbocycles. The van der Waals surface area contributed by atoms with Gasteiger partial charge in [0.25, 0.3) is 0 Å². The summed E-state index contributed by atoms with van der Waals surface area (Å²) in [7, 11) is 0. The van der Waals surface area contributed by atoms with Crippen molar-refractivity contribution >= 4 is 0 Å². The monoisotopic (exact) mass is 296 g/mol. The van der Waals surface area contributed by atoms with Crippen LogP contribution >= 0.6 is 0 Å². The fraction of sp³-hybridized carbons (Fsp3) is 0.385. The molecule has 1 aliphatic heterocycles. The standard InChI is InChI=1S/C11H11.C2H4.ClH.Zr/c1-2-6-10(5-1)9-11-7-3-4-8-11;1-2;;/h1-5,7,9H,6,8H2;1-2H2;1H;/q;;;+1/p-1. The minimum absolute atomic E-state index is 0. The third-order valence-electron chi connectivity index (χ3n) is 3.29. The Kier molecular flexibility index (Phi) is 3.85. The molecule has 0 spiro atoms. The second-order valence-electron chi connectivity index (χ2n) is 4.34. The Hall–Kier alpha value is 0.133. The van der Waals surface area contributed by atoms with E-state index < -0.39 is 21.8 Å². The van der Waals surface area contributed by atoms with E-state index in [1.165, 1.54) is 12.8 Å². The Labute approximate surface area is 106 Å². The second kappa shape index (κ2) is 4.98. The van der Waals surface area contributed by atoms with E-state index in [2.05, 4.69) is 36.5 Å². The van der Waals surface area contributed by atoms with Gasteiger partial charge in [0.15, 0.2) is 0 Å². The van der Waals surface area contributed by atoms with Gasteiger partial charge in [-0.1, -0.05) is 0 Å². The predicted molar refractivity (Wildman–Crippen MR) is 57.0 cm³/mol. The quantitative estimate of drug-likeness (QED) is 0.730. The van der Waals surface area contributed by atoms with Gasteiger partial charge < -0.3 is 12.4 Å². The summed E-state index contributed by atoms with van der Waals surface area (Å²) in [5, 5.41) is 0. The van der Waals surface area contributed by atoms with Gasteiger partial charge in [-0.05, 0) is 0 Å². The van der Waals surface area contributed by atoms with Crippen molar-refractivity contribution < 1.29 is 34.2 Å². The molecule has 1 heterocycles. The third kappa shape index (κ3) is 2.45. The van der Waals surface area contributed by atoms with Gasteiger partial charge in [0.05, 0.1) is 0 Å². The van der Waals surface area contributed by atoms with Crippen LogP contribution in [0.2, 0.25) is 11.9 Å². The molecule has 0 amide bonds. The van der Waals surface area contributed by atoms with Crippen LogP contribution in [0.3, 0.4) is 0 Å². The van der Waals surface area contributed by atoms with E-state index in [4.69, 9.17) is 0 Å². The molecule has 1 fully saturated rings. The Morgan fingerprint density at radius 1 is 0.933 bits per heavy atom. The molecular weight excluding hydrogens is 283 g/mol. The van der Waals surface area contributed by atoms with Gasteiger partial charge in [-0.15, -0.1) is 0 Å². The maximum Gasteiger partial charge on any atom is -1.00 e. The molecule has 3 aliphatic rings. The molecule has 0 unspecified atom stereocenters. The van der Waals surface area contributed by atoms with Crippen molar-refractivity contribution in [3.63, 3.8) is 0 Å². The molecule has 0 radical (unpaired) electrons. The summed E-state index contributed by atoms with van der Waals surface area (Å²) in [5.74, 6) is 0. The van der Waals surface area contributed by atoms with E-state index >= 15 is 0 Å². The van der Waals surface area contributed by atoms with Crippen LogP contribution in [0.1, 0.15) is 12.8 Å². The van der Waals surface area contributed by atoms with E-state index in [1.807, 2.05) is 0 Å². The fourth-order valence-corrected chi connectivity index (χ4v) is 9.98. The maximum atomic E-state index is 2.38. The van der Waals surface area contributed by atoms with Crippen molar-refractivity contribution in [2.24, 2.45) is 0 Å². The molecule has 0 atom stereocenters. The molecule has 0 bridgehead atoms. The number of hydrogen-bond donors (Lipinski definition) is 0. The predicted octanol–water partition coefficient (Wildman–Crippen LogP) is 1.02. The Morgan fingerprint density at radius 3 is 1.80 bits per heavy atom. The number of hydrogen-bond acceptors (Lipinski definition) is 0. The topological polar surface area (TPSA) is 0 Å². The van der Waals surface area contributed by atoms with Crippen molar-refractivity contribution in [1.29, 1.82) is 0 Å². The van der Waals surface area contributed by atoms with E-state index in [0.717, 1.165) is 3.63 Å². The molecule has 0 aromatic heterocycles. The van der Waals surface area contributed by atoms with Crippen LogP contribution < -0.4 is 12.4 Å². The summed E-state index contributed by atoms with van der Waals surface area (Å²) in [6.07, 6.45) is 16.4. The average Bonchev–Trinajstić information content (AvgIpc) is 2.72. The summed E-state index contributed by atoms with van der Waals surface area (Å²) in [4.78, 5) is 0. The van der Waals surface area contributed by atoms with E-state index in [-0.39, 0.29) is 12.4 Å². The van der Waals surface area contributed by atoms with Crippen LogP contribution in [-0.4, -0.2) is 0 Å². The zero-order valence-corrected chi connectivity index (χ0v) is 12.0. The maximum absolute atomic E-state index is 2.38. The van der Waals surface area contributed by atoms with Crippen LogP contribution in [-0.2, 0) is 21.8 Å². The molecule has 0 nitrogen and oxygen atoms in total. The molecule has 2 heteroatoms. The van der Waals surface area contributed by atoms with Crippen LogP contribution in [0.4, 0.5) is 0 Å². The van der Waals surface area contributed by atoms with Gasteiger partial charge in [-0.3, -0.25) is 0 Å². The third-order valence-corrected chi connectivity index (χ3v) is 9.77. The molecule has 1 saturated heterocycles. The van der Waals surface area contributed by atoms with Crippen LogP contribution in [0.5, 0.6) is 0 Å². The summed E-state index contributed by atoms with van der Waals surface area (Å²) < 4.78 is 4.26. The van der Waals surface area contributed by atoms with Gasteiger partial charge in [0.2, 0.25) is 0 Å². The van der Waals surface area contributed by atoms with Crippen LogP contribution in [0, 0.1) is 0 Å². The molecule has 2 aliphatic carbocycles. The summed E-state index contributed by atoms with van der Waals surface area (Å²) in [6, 6.07) is 0. The Morgan fingerprint density at radius 2 is 1.47 bits per heavy atom. The van der Waals surface area contributed by atoms with Crippen molar-refractivity contribution in [2.45, 2.75) is 24.7 Å². The number of halogens is 1. The molecule has 0 aromatic rings. The van der Waals surface area contributed by atoms with Crippen molar-refractivity contribution in [3.05, 3.63) is 47.6 Å². The Balaban J connectivity index is 0.000000853. The van der Waals surface area contributed by atoms with Gasteiger partial charge in [0, 0.05) is 0 Å². The van der Waals surface area contributed by atoms with Crippen molar-refractivity contribution in [3.8, 4) is 0 Å². The van der Waals surface area contributed by atoms with Gasteiger partial charge >= 0.3 is 94.1 Å². The first-order valence-corrected chi connectivity index (χ1v) is 10.4. The second-order valence-corrected chi connectivity index (χ2v) is 11.5. The first-order chi connectivity index (χ1) is 6.95. The normalized spacial score (nSPS) is 21.8. The summed E-state index contributed by atoms with van der Waals surface area (Å²) in [5.41, 5.74) is 3.48. The zero-order chi connectivity index (χ0) is 9.38. The van der Waals surface area contributed by atoms with Crippen molar-refractivity contribution in [1.82, 2.24) is 0 Å². The fourth-order valence-electron chi connectivity index (χ4n) is 2.48. The summed E-state index contributed by atoms with van der Waals surface area (Å²) >= 11 is -0.909. The smallest absolute Gasteiger partial charge is 1.00 e. The largest absolute Gasteiger partial charge is 1.00 e. The van der Waals surface area contributed by atoms with Crippen LogP contribution in [0.15, 0.2) is 47.6 Å². The van der Waals surface area contributed by atoms with E-state index in [1.54, 1.807) is 19.4 Å². The first-order valence-electron chi connectivity index (χ1n) is 5.51. The molecule has 0 N–H and O–H groups in total. The molecule has 15 heavy (non-hydrogen) atoms. The number of allylic oxidation sites excluding steroid dienone is 8. The van der Waals surface area contributed by atoms with Gasteiger partial charge in [-0.2, -0.15) is 0 Å². The Bertz CT molecular complexity index is 329. The average molecular weight is 298 g/mol. The first kappa shape index (κ1) is 11.6. The van der Waals surface area contributed by atoms with E-state index in [0.29, 0.717) is 0 Å². The minimum atomic E-state index is -0.909. The van der Waals surface area contributed by atoms with Gasteiger partial charge in [-0.25, -0.2) is 0 Å². The minimum Gasteiger partial charge on any atom is -1.00 e. The molecule has 78 valence electrons. The van der Waals surface area contributed by atoms with Gasteiger partial charge in [0.1, 0.15) is 0 Å². The van der Waals surface area contributed by atoms with Crippen LogP contribution in [0.25, 0.3) is 0 Å². The molecule has 3 rings (SSSR count). The van der Waals surface area contributed by atoms with E-state index in [9.17, 15) is 0 Å². The zero-order valence-electron chi connectivity index (χ0n) is 8.75. The summed E-state index contributed by atoms with van der Waals surface area (Å²) in [6.45, 7) is 0.